The van der Waals surface area contributed by atoms with E-state index in [9.17, 15) is 4.79 Å². The van der Waals surface area contributed by atoms with Crippen LogP contribution in [0.4, 0.5) is 0 Å². The van der Waals surface area contributed by atoms with Crippen LogP contribution < -0.4 is 4.74 Å². The number of rotatable bonds is 6. The van der Waals surface area contributed by atoms with Crippen LogP contribution in [0.5, 0.6) is 5.75 Å². The molecule has 0 N–H and O–H groups in total. The van der Waals surface area contributed by atoms with Gasteiger partial charge in [-0.2, -0.15) is 0 Å². The maximum absolute atomic E-state index is 11.1. The molecule has 2 heteroatoms. The SMILES string of the molecule is CCOc1ccc(CCC(=O)CC)cc1. The van der Waals surface area contributed by atoms with Crippen molar-refractivity contribution in [1.82, 2.24) is 0 Å². The highest BCUT2D eigenvalue weighted by Gasteiger charge is 2.00. The lowest BCUT2D eigenvalue weighted by atomic mass is 10.1. The van der Waals surface area contributed by atoms with Gasteiger partial charge in [0.2, 0.25) is 0 Å². The quantitative estimate of drug-likeness (QED) is 0.715. The van der Waals surface area contributed by atoms with Gasteiger partial charge in [0, 0.05) is 12.8 Å². The summed E-state index contributed by atoms with van der Waals surface area (Å²) in [6.45, 7) is 4.56. The summed E-state index contributed by atoms with van der Waals surface area (Å²) >= 11 is 0. The Morgan fingerprint density at radius 2 is 1.87 bits per heavy atom. The number of ketones is 1. The van der Waals surface area contributed by atoms with E-state index in [2.05, 4.69) is 0 Å². The van der Waals surface area contributed by atoms with E-state index >= 15 is 0 Å². The van der Waals surface area contributed by atoms with E-state index in [0.29, 0.717) is 25.2 Å². The Kier molecular flexibility index (Phi) is 4.88. The molecule has 0 unspecified atom stereocenters. The summed E-state index contributed by atoms with van der Waals surface area (Å²) in [4.78, 5) is 11.1. The second-order valence-electron chi connectivity index (χ2n) is 3.47. The van der Waals surface area contributed by atoms with Crippen molar-refractivity contribution in [2.75, 3.05) is 6.61 Å². The molecule has 0 radical (unpaired) electrons. The van der Waals surface area contributed by atoms with Crippen molar-refractivity contribution >= 4 is 5.78 Å². The number of ether oxygens (including phenoxy) is 1. The molecule has 0 bridgehead atoms. The Bertz CT molecular complexity index is 301. The van der Waals surface area contributed by atoms with Crippen molar-refractivity contribution in [3.8, 4) is 5.75 Å². The zero-order valence-electron chi connectivity index (χ0n) is 9.45. The minimum Gasteiger partial charge on any atom is -0.494 e. The fraction of sp³-hybridized carbons (Fsp3) is 0.462. The van der Waals surface area contributed by atoms with Crippen LogP contribution >= 0.6 is 0 Å². The maximum atomic E-state index is 11.1. The normalized spacial score (nSPS) is 10.0. The van der Waals surface area contributed by atoms with Crippen molar-refractivity contribution in [2.45, 2.75) is 33.1 Å². The molecule has 0 aliphatic heterocycles. The molecule has 0 aromatic heterocycles. The average Bonchev–Trinajstić information content (AvgIpc) is 2.28. The predicted octanol–water partition coefficient (Wildman–Crippen LogP) is 3.00. The van der Waals surface area contributed by atoms with Crippen molar-refractivity contribution in [3.05, 3.63) is 29.8 Å². The molecule has 15 heavy (non-hydrogen) atoms. The highest BCUT2D eigenvalue weighted by molar-refractivity contribution is 5.78. The highest BCUT2D eigenvalue weighted by atomic mass is 16.5. The molecule has 0 heterocycles. The number of hydrogen-bond donors (Lipinski definition) is 0. The van der Waals surface area contributed by atoms with E-state index in [1.807, 2.05) is 38.1 Å². The van der Waals surface area contributed by atoms with Gasteiger partial charge in [0.05, 0.1) is 6.61 Å². The van der Waals surface area contributed by atoms with Gasteiger partial charge in [0.15, 0.2) is 0 Å². The molecule has 0 aliphatic rings. The van der Waals surface area contributed by atoms with Crippen LogP contribution in [-0.4, -0.2) is 12.4 Å². The zero-order chi connectivity index (χ0) is 11.1. The molecular formula is C13H18O2. The third-order valence-electron chi connectivity index (χ3n) is 2.32. The van der Waals surface area contributed by atoms with Gasteiger partial charge in [0.25, 0.3) is 0 Å². The van der Waals surface area contributed by atoms with E-state index in [4.69, 9.17) is 4.74 Å². The molecule has 1 aromatic carbocycles. The van der Waals surface area contributed by atoms with Gasteiger partial charge in [-0.1, -0.05) is 19.1 Å². The lowest BCUT2D eigenvalue weighted by Crippen LogP contribution is -1.98. The number of hydrogen-bond acceptors (Lipinski definition) is 2. The maximum Gasteiger partial charge on any atom is 0.132 e. The molecule has 1 rings (SSSR count). The van der Waals surface area contributed by atoms with Crippen molar-refractivity contribution in [1.29, 1.82) is 0 Å². The van der Waals surface area contributed by atoms with Gasteiger partial charge >= 0.3 is 0 Å². The Morgan fingerprint density at radius 3 is 2.40 bits per heavy atom. The molecule has 0 saturated carbocycles. The number of carbonyl (C=O) groups excluding carboxylic acids is 1. The summed E-state index contributed by atoms with van der Waals surface area (Å²) in [5.41, 5.74) is 1.19. The minimum atomic E-state index is 0.323. The van der Waals surface area contributed by atoms with Crippen LogP contribution in [-0.2, 0) is 11.2 Å². The summed E-state index contributed by atoms with van der Waals surface area (Å²) < 4.78 is 5.34. The average molecular weight is 206 g/mol. The Balaban J connectivity index is 2.45. The first kappa shape index (κ1) is 11.8. The van der Waals surface area contributed by atoms with Crippen LogP contribution in [0, 0.1) is 0 Å². The first-order valence-electron chi connectivity index (χ1n) is 5.49. The molecule has 0 spiro atoms. The molecule has 0 amide bonds. The third-order valence-corrected chi connectivity index (χ3v) is 2.32. The predicted molar refractivity (Wildman–Crippen MR) is 61.2 cm³/mol. The molecule has 0 fully saturated rings. The van der Waals surface area contributed by atoms with Crippen LogP contribution in [0.3, 0.4) is 0 Å². The van der Waals surface area contributed by atoms with E-state index in [1.54, 1.807) is 0 Å². The number of Topliss-reactive ketones (excluding diaryl/α,β-unsaturated/α-hetero) is 1. The Morgan fingerprint density at radius 1 is 1.20 bits per heavy atom. The van der Waals surface area contributed by atoms with E-state index < -0.39 is 0 Å². The van der Waals surface area contributed by atoms with Gasteiger partial charge in [-0.05, 0) is 31.0 Å². The summed E-state index contributed by atoms with van der Waals surface area (Å²) in [6, 6.07) is 7.95. The first-order chi connectivity index (χ1) is 7.26. The van der Waals surface area contributed by atoms with Gasteiger partial charge in [-0.15, -0.1) is 0 Å². The monoisotopic (exact) mass is 206 g/mol. The fourth-order valence-corrected chi connectivity index (χ4v) is 1.38. The van der Waals surface area contributed by atoms with Crippen LogP contribution in [0.25, 0.3) is 0 Å². The van der Waals surface area contributed by atoms with Gasteiger partial charge in [-0.25, -0.2) is 0 Å². The lowest BCUT2D eigenvalue weighted by molar-refractivity contribution is -0.118. The summed E-state index contributed by atoms with van der Waals surface area (Å²) in [5.74, 6) is 1.21. The second-order valence-corrected chi connectivity index (χ2v) is 3.47. The number of benzene rings is 1. The second kappa shape index (κ2) is 6.23. The van der Waals surface area contributed by atoms with E-state index in [1.165, 1.54) is 5.56 Å². The largest absolute Gasteiger partial charge is 0.494 e. The topological polar surface area (TPSA) is 26.3 Å². The summed E-state index contributed by atoms with van der Waals surface area (Å²) in [6.07, 6.45) is 2.11. The minimum absolute atomic E-state index is 0.323. The molecule has 1 aromatic rings. The summed E-state index contributed by atoms with van der Waals surface area (Å²) in [5, 5.41) is 0. The first-order valence-corrected chi connectivity index (χ1v) is 5.49. The van der Waals surface area contributed by atoms with Gasteiger partial charge in [0.1, 0.15) is 11.5 Å². The van der Waals surface area contributed by atoms with E-state index in [-0.39, 0.29) is 0 Å². The molecular weight excluding hydrogens is 188 g/mol. The van der Waals surface area contributed by atoms with Crippen molar-refractivity contribution < 1.29 is 9.53 Å². The Labute approximate surface area is 91.3 Å². The molecule has 82 valence electrons. The zero-order valence-corrected chi connectivity index (χ0v) is 9.45. The van der Waals surface area contributed by atoms with Crippen molar-refractivity contribution in [3.63, 3.8) is 0 Å². The van der Waals surface area contributed by atoms with Crippen LogP contribution in [0.15, 0.2) is 24.3 Å². The molecule has 0 aliphatic carbocycles. The van der Waals surface area contributed by atoms with Gasteiger partial charge < -0.3 is 4.74 Å². The standard InChI is InChI=1S/C13H18O2/c1-3-12(14)8-5-11-6-9-13(10-7-11)15-4-2/h6-7,9-10H,3-5,8H2,1-2H3. The van der Waals surface area contributed by atoms with Gasteiger partial charge in [-0.3, -0.25) is 4.79 Å². The number of carbonyl (C=O) groups is 1. The van der Waals surface area contributed by atoms with Crippen LogP contribution in [0.1, 0.15) is 32.3 Å². The number of aryl methyl sites for hydroxylation is 1. The Hall–Kier alpha value is -1.31. The van der Waals surface area contributed by atoms with Crippen LogP contribution in [0.2, 0.25) is 0 Å². The molecule has 0 atom stereocenters. The third kappa shape index (κ3) is 4.15. The van der Waals surface area contributed by atoms with Crippen molar-refractivity contribution in [2.24, 2.45) is 0 Å². The fourth-order valence-electron chi connectivity index (χ4n) is 1.38. The van der Waals surface area contributed by atoms with E-state index in [0.717, 1.165) is 12.2 Å². The smallest absolute Gasteiger partial charge is 0.132 e. The molecule has 0 saturated heterocycles. The highest BCUT2D eigenvalue weighted by Crippen LogP contribution is 2.13. The summed E-state index contributed by atoms with van der Waals surface area (Å²) in [7, 11) is 0. The lowest BCUT2D eigenvalue weighted by Gasteiger charge is -2.04. The molecule has 2 nitrogen and oxygen atoms in total.